The minimum atomic E-state index is -0.588. The lowest BCUT2D eigenvalue weighted by atomic mass is 10.2. The highest BCUT2D eigenvalue weighted by Crippen LogP contribution is 2.18. The molecule has 5 nitrogen and oxygen atoms in total. The lowest BCUT2D eigenvalue weighted by Gasteiger charge is -2.14. The van der Waals surface area contributed by atoms with Gasteiger partial charge in [-0.2, -0.15) is 0 Å². The van der Waals surface area contributed by atoms with Crippen LogP contribution in [0.5, 0.6) is 0 Å². The van der Waals surface area contributed by atoms with Crippen molar-refractivity contribution in [2.45, 2.75) is 31.8 Å². The molecule has 1 unspecified atom stereocenters. The van der Waals surface area contributed by atoms with E-state index in [1.54, 1.807) is 6.92 Å². The van der Waals surface area contributed by atoms with Gasteiger partial charge in [-0.25, -0.2) is 9.18 Å². The summed E-state index contributed by atoms with van der Waals surface area (Å²) in [7, 11) is 0. The van der Waals surface area contributed by atoms with Crippen molar-refractivity contribution < 1.29 is 14.0 Å². The van der Waals surface area contributed by atoms with Crippen molar-refractivity contribution in [1.82, 2.24) is 10.6 Å². The van der Waals surface area contributed by atoms with E-state index < -0.39 is 18.0 Å². The first-order valence-corrected chi connectivity index (χ1v) is 6.18. The third-order valence-corrected chi connectivity index (χ3v) is 2.77. The Balaban J connectivity index is 1.80. The Bertz CT molecular complexity index is 471. The van der Waals surface area contributed by atoms with E-state index in [1.807, 2.05) is 0 Å². The molecule has 1 aromatic carbocycles. The van der Waals surface area contributed by atoms with Gasteiger partial charge in [0.05, 0.1) is 0 Å². The summed E-state index contributed by atoms with van der Waals surface area (Å²) in [4.78, 5) is 23.1. The summed E-state index contributed by atoms with van der Waals surface area (Å²) in [5.41, 5.74) is 0.617. The number of urea groups is 1. The number of rotatable bonds is 4. The molecule has 0 aliphatic heterocycles. The third kappa shape index (κ3) is 4.24. The monoisotopic (exact) mass is 265 g/mol. The number of carbonyl (C=O) groups excluding carboxylic acids is 2. The van der Waals surface area contributed by atoms with Crippen LogP contribution in [0.1, 0.15) is 19.8 Å². The average molecular weight is 265 g/mol. The van der Waals surface area contributed by atoms with E-state index in [-0.39, 0.29) is 11.9 Å². The molecule has 1 aliphatic rings. The smallest absolute Gasteiger partial charge is 0.321 e. The maximum absolute atomic E-state index is 12.7. The Morgan fingerprint density at radius 1 is 1.26 bits per heavy atom. The molecule has 1 atom stereocenters. The van der Waals surface area contributed by atoms with Crippen molar-refractivity contribution in [2.24, 2.45) is 0 Å². The number of amides is 3. The molecule has 0 saturated heterocycles. The fourth-order valence-electron chi connectivity index (χ4n) is 1.53. The highest BCUT2D eigenvalue weighted by Gasteiger charge is 2.24. The predicted octanol–water partition coefficient (Wildman–Crippen LogP) is 1.61. The molecule has 0 aromatic heterocycles. The normalized spacial score (nSPS) is 15.5. The zero-order valence-electron chi connectivity index (χ0n) is 10.6. The molecule has 0 spiro atoms. The van der Waals surface area contributed by atoms with Crippen molar-refractivity contribution in [2.75, 3.05) is 5.32 Å². The Labute approximate surface area is 110 Å². The summed E-state index contributed by atoms with van der Waals surface area (Å²) in [6, 6.07) is 4.80. The van der Waals surface area contributed by atoms with Gasteiger partial charge in [0.25, 0.3) is 0 Å². The van der Waals surface area contributed by atoms with Crippen LogP contribution in [-0.4, -0.2) is 24.0 Å². The van der Waals surface area contributed by atoms with Crippen molar-refractivity contribution in [1.29, 1.82) is 0 Å². The first-order chi connectivity index (χ1) is 9.04. The molecule has 19 heavy (non-hydrogen) atoms. The lowest BCUT2D eigenvalue weighted by molar-refractivity contribution is -0.120. The third-order valence-electron chi connectivity index (χ3n) is 2.77. The molecule has 3 N–H and O–H groups in total. The van der Waals surface area contributed by atoms with Crippen molar-refractivity contribution in [3.05, 3.63) is 30.1 Å². The molecule has 102 valence electrons. The fourth-order valence-corrected chi connectivity index (χ4v) is 1.53. The molecule has 3 amide bonds. The van der Waals surface area contributed by atoms with Gasteiger partial charge in [0.1, 0.15) is 11.9 Å². The highest BCUT2D eigenvalue weighted by atomic mass is 19.1. The zero-order chi connectivity index (χ0) is 13.8. The molecule has 1 fully saturated rings. The van der Waals surface area contributed by atoms with E-state index in [0.29, 0.717) is 5.69 Å². The maximum Gasteiger partial charge on any atom is 0.321 e. The molecule has 0 radical (unpaired) electrons. The van der Waals surface area contributed by atoms with E-state index >= 15 is 0 Å². The van der Waals surface area contributed by atoms with Crippen LogP contribution in [0.25, 0.3) is 0 Å². The summed E-state index contributed by atoms with van der Waals surface area (Å²) in [5.74, 6) is -0.769. The predicted molar refractivity (Wildman–Crippen MR) is 69.2 cm³/mol. The summed E-state index contributed by atoms with van der Waals surface area (Å²) >= 11 is 0. The Morgan fingerprint density at radius 2 is 1.89 bits per heavy atom. The number of nitrogens with one attached hydrogen (secondary N) is 3. The maximum atomic E-state index is 12.7. The lowest BCUT2D eigenvalue weighted by Crippen LogP contribution is -2.46. The molecule has 0 heterocycles. The first kappa shape index (κ1) is 13.3. The van der Waals surface area contributed by atoms with Crippen LogP contribution in [0.15, 0.2) is 24.3 Å². The number of carbonyl (C=O) groups is 2. The molecule has 1 saturated carbocycles. The van der Waals surface area contributed by atoms with Crippen LogP contribution >= 0.6 is 0 Å². The second-order valence-electron chi connectivity index (χ2n) is 4.61. The molecule has 2 rings (SSSR count). The molecular weight excluding hydrogens is 249 g/mol. The van der Waals surface area contributed by atoms with E-state index in [2.05, 4.69) is 16.0 Å². The van der Waals surface area contributed by atoms with Crippen LogP contribution < -0.4 is 16.0 Å². The zero-order valence-corrected chi connectivity index (χ0v) is 10.6. The van der Waals surface area contributed by atoms with Gasteiger partial charge in [-0.3, -0.25) is 10.1 Å². The van der Waals surface area contributed by atoms with Crippen LogP contribution in [0.2, 0.25) is 0 Å². The van der Waals surface area contributed by atoms with Crippen molar-refractivity contribution in [3.8, 4) is 0 Å². The van der Waals surface area contributed by atoms with Gasteiger partial charge in [-0.15, -0.1) is 0 Å². The van der Waals surface area contributed by atoms with Crippen LogP contribution in [0.4, 0.5) is 14.9 Å². The number of halogens is 1. The number of benzene rings is 1. The van der Waals surface area contributed by atoms with Gasteiger partial charge < -0.3 is 10.6 Å². The van der Waals surface area contributed by atoms with Crippen LogP contribution in [0.3, 0.4) is 0 Å². The van der Waals surface area contributed by atoms with E-state index in [0.717, 1.165) is 12.8 Å². The van der Waals surface area contributed by atoms with Crippen molar-refractivity contribution >= 4 is 17.6 Å². The second-order valence-corrected chi connectivity index (χ2v) is 4.61. The van der Waals surface area contributed by atoms with Crippen LogP contribution in [0, 0.1) is 5.82 Å². The molecule has 1 aromatic rings. The fraction of sp³-hybridized carbons (Fsp3) is 0.385. The van der Waals surface area contributed by atoms with E-state index in [9.17, 15) is 14.0 Å². The minimum Gasteiger partial charge on any atom is -0.374 e. The number of anilines is 1. The standard InChI is InChI=1S/C13H16FN3O2/c1-8(15-10-4-2-9(14)3-5-10)12(18)17-13(19)16-11-6-7-11/h2-5,8,11,15H,6-7H2,1H3,(H2,16,17,18,19). The van der Waals surface area contributed by atoms with Gasteiger partial charge in [0.2, 0.25) is 5.91 Å². The Kier molecular flexibility index (Phi) is 3.99. The van der Waals surface area contributed by atoms with Gasteiger partial charge in [-0.1, -0.05) is 0 Å². The van der Waals surface area contributed by atoms with Gasteiger partial charge in [-0.05, 0) is 44.0 Å². The molecule has 0 bridgehead atoms. The minimum absolute atomic E-state index is 0.202. The average Bonchev–Trinajstić information content (AvgIpc) is 3.15. The number of hydrogen-bond donors (Lipinski definition) is 3. The number of hydrogen-bond acceptors (Lipinski definition) is 3. The van der Waals surface area contributed by atoms with E-state index in [1.165, 1.54) is 24.3 Å². The summed E-state index contributed by atoms with van der Waals surface area (Å²) in [6.07, 6.45) is 1.93. The first-order valence-electron chi connectivity index (χ1n) is 6.18. The van der Waals surface area contributed by atoms with Gasteiger partial charge >= 0.3 is 6.03 Å². The Morgan fingerprint density at radius 3 is 2.47 bits per heavy atom. The van der Waals surface area contributed by atoms with Gasteiger partial charge in [0, 0.05) is 11.7 Å². The van der Waals surface area contributed by atoms with Crippen LogP contribution in [-0.2, 0) is 4.79 Å². The topological polar surface area (TPSA) is 70.2 Å². The molecule has 6 heteroatoms. The van der Waals surface area contributed by atoms with Crippen molar-refractivity contribution in [3.63, 3.8) is 0 Å². The largest absolute Gasteiger partial charge is 0.374 e. The SMILES string of the molecule is CC(Nc1ccc(F)cc1)C(=O)NC(=O)NC1CC1. The molecule has 1 aliphatic carbocycles. The quantitative estimate of drug-likeness (QED) is 0.774. The highest BCUT2D eigenvalue weighted by molar-refractivity contribution is 5.98. The second kappa shape index (κ2) is 5.69. The number of imide groups is 1. The Hall–Kier alpha value is -2.11. The summed E-state index contributed by atoms with van der Waals surface area (Å²) in [6.45, 7) is 1.63. The summed E-state index contributed by atoms with van der Waals surface area (Å²) < 4.78 is 12.7. The van der Waals surface area contributed by atoms with E-state index in [4.69, 9.17) is 0 Å². The molecular formula is C13H16FN3O2. The summed E-state index contributed by atoms with van der Waals surface area (Å²) in [5, 5.41) is 7.80. The van der Waals surface area contributed by atoms with Gasteiger partial charge in [0.15, 0.2) is 0 Å².